The summed E-state index contributed by atoms with van der Waals surface area (Å²) >= 11 is 0. The number of esters is 1. The van der Waals surface area contributed by atoms with Crippen LogP contribution in [0.4, 0.5) is 0 Å². The molecule has 0 heterocycles. The molecule has 0 aliphatic heterocycles. The molecule has 4 aromatic carbocycles. The van der Waals surface area contributed by atoms with Gasteiger partial charge in [-0.1, -0.05) is 124 Å². The second kappa shape index (κ2) is 13.9. The van der Waals surface area contributed by atoms with Crippen molar-refractivity contribution < 1.29 is 30.8 Å². The highest BCUT2D eigenvalue weighted by Crippen LogP contribution is 2.40. The van der Waals surface area contributed by atoms with E-state index in [-0.39, 0.29) is 21.4 Å². The van der Waals surface area contributed by atoms with Crippen molar-refractivity contribution >= 4 is 44.3 Å². The number of carbonyl (C=O) groups excluding carboxylic acids is 1. The van der Waals surface area contributed by atoms with Crippen LogP contribution in [-0.2, 0) is 33.6 Å². The van der Waals surface area contributed by atoms with Gasteiger partial charge in [0.15, 0.2) is 6.10 Å². The maximum Gasteiger partial charge on any atom is 0.303 e. The Morgan fingerprint density at radius 3 is 1.39 bits per heavy atom. The minimum absolute atomic E-state index is 0.00209. The molecule has 0 radical (unpaired) electrons. The summed E-state index contributed by atoms with van der Waals surface area (Å²) in [5.74, 6) is -0.833. The van der Waals surface area contributed by atoms with E-state index in [1.54, 1.807) is 18.2 Å². The highest BCUT2D eigenvalue weighted by Gasteiger charge is 2.59. The van der Waals surface area contributed by atoms with Crippen LogP contribution in [0.15, 0.2) is 143 Å². The molecule has 7 nitrogen and oxygen atoms in total. The first-order chi connectivity index (χ1) is 21.7. The van der Waals surface area contributed by atoms with E-state index in [1.165, 1.54) is 54.6 Å². The molecule has 10 heteroatoms. The summed E-state index contributed by atoms with van der Waals surface area (Å²) in [5.41, 5.74) is 0. The molecule has 1 atom stereocenters. The van der Waals surface area contributed by atoms with E-state index in [9.17, 15) is 21.6 Å². The molecule has 0 saturated carbocycles. The Hall–Kier alpha value is -3.83. The van der Waals surface area contributed by atoms with Gasteiger partial charge in [0.1, 0.15) is 0 Å². The van der Waals surface area contributed by atoms with Crippen molar-refractivity contribution in [1.82, 2.24) is 0 Å². The second-order valence-electron chi connectivity index (χ2n) is 12.1. The Balaban J connectivity index is 1.85. The summed E-state index contributed by atoms with van der Waals surface area (Å²) < 4.78 is 67.3. The molecule has 0 aromatic heterocycles. The fourth-order valence-electron chi connectivity index (χ4n) is 5.73. The van der Waals surface area contributed by atoms with Crippen molar-refractivity contribution in [3.8, 4) is 0 Å². The largest absolute Gasteiger partial charge is 0.455 e. The first-order valence-corrected chi connectivity index (χ1v) is 19.8. The van der Waals surface area contributed by atoms with Gasteiger partial charge in [-0.2, -0.15) is 0 Å². The molecular weight excluding hydrogens is 637 g/mol. The predicted molar refractivity (Wildman–Crippen MR) is 184 cm³/mol. The van der Waals surface area contributed by atoms with E-state index in [4.69, 9.17) is 9.16 Å². The molecule has 0 saturated heterocycles. The molecule has 0 unspecified atom stereocenters. The van der Waals surface area contributed by atoms with Gasteiger partial charge in [-0.05, 0) is 52.7 Å². The van der Waals surface area contributed by atoms with Gasteiger partial charge >= 0.3 is 5.97 Å². The molecule has 0 N–H and O–H groups in total. The van der Waals surface area contributed by atoms with Crippen LogP contribution in [0.3, 0.4) is 0 Å². The van der Waals surface area contributed by atoms with E-state index in [1.807, 2.05) is 60.7 Å². The third-order valence-electron chi connectivity index (χ3n) is 8.11. The Labute approximate surface area is 273 Å². The van der Waals surface area contributed by atoms with Crippen molar-refractivity contribution in [3.63, 3.8) is 0 Å². The zero-order valence-electron chi connectivity index (χ0n) is 26.7. The smallest absolute Gasteiger partial charge is 0.303 e. The number of hydrogen-bond donors (Lipinski definition) is 0. The predicted octanol–water partition coefficient (Wildman–Crippen LogP) is 5.71. The molecule has 4 aromatic rings. The Morgan fingerprint density at radius 2 is 1.04 bits per heavy atom. The van der Waals surface area contributed by atoms with Crippen LogP contribution in [0.5, 0.6) is 0 Å². The SMILES string of the molecule is CC(=O)O[C@H](/C=C/CO[Si](c1ccccc1)(c1ccccc1)C(C)(C)C)C(C)(S(=O)(=O)c1ccccc1)S(=O)(=O)c1ccccc1. The molecule has 0 amide bonds. The van der Waals surface area contributed by atoms with Gasteiger partial charge in [0.25, 0.3) is 8.32 Å². The number of sulfone groups is 2. The van der Waals surface area contributed by atoms with Gasteiger partial charge in [0, 0.05) is 6.92 Å². The molecule has 242 valence electrons. The summed E-state index contributed by atoms with van der Waals surface area (Å²) in [6.45, 7) is 8.59. The zero-order valence-corrected chi connectivity index (χ0v) is 29.3. The topological polar surface area (TPSA) is 104 Å². The Bertz CT molecular complexity index is 1750. The average Bonchev–Trinajstić information content (AvgIpc) is 3.04. The molecule has 0 aliphatic rings. The van der Waals surface area contributed by atoms with Gasteiger partial charge in [0.05, 0.1) is 16.4 Å². The van der Waals surface area contributed by atoms with Crippen LogP contribution in [-0.4, -0.2) is 47.9 Å². The van der Waals surface area contributed by atoms with Crippen LogP contribution < -0.4 is 10.4 Å². The lowest BCUT2D eigenvalue weighted by Gasteiger charge is -2.42. The van der Waals surface area contributed by atoms with E-state index < -0.39 is 44.1 Å². The van der Waals surface area contributed by atoms with Crippen molar-refractivity contribution in [1.29, 1.82) is 0 Å². The van der Waals surface area contributed by atoms with E-state index in [0.29, 0.717) is 0 Å². The number of carbonyl (C=O) groups is 1. The monoisotopic (exact) mass is 676 g/mol. The Kier molecular flexibility index (Phi) is 10.6. The summed E-state index contributed by atoms with van der Waals surface area (Å²) in [4.78, 5) is 12.0. The fraction of sp³-hybridized carbons (Fsp3) is 0.250. The van der Waals surface area contributed by atoms with Crippen LogP contribution in [0.25, 0.3) is 0 Å². The first-order valence-electron chi connectivity index (χ1n) is 14.9. The van der Waals surface area contributed by atoms with E-state index in [0.717, 1.165) is 24.2 Å². The minimum atomic E-state index is -4.67. The summed E-state index contributed by atoms with van der Waals surface area (Å²) in [6, 6.07) is 34.6. The van der Waals surface area contributed by atoms with Crippen LogP contribution >= 0.6 is 0 Å². The molecule has 0 fully saturated rings. The maximum absolute atomic E-state index is 14.4. The van der Waals surface area contributed by atoms with Crippen molar-refractivity contribution in [2.24, 2.45) is 0 Å². The lowest BCUT2D eigenvalue weighted by atomic mass is 10.2. The van der Waals surface area contributed by atoms with E-state index >= 15 is 0 Å². The third-order valence-corrected chi connectivity index (χ3v) is 18.8. The van der Waals surface area contributed by atoms with Crippen LogP contribution in [0.1, 0.15) is 34.6 Å². The molecule has 0 aliphatic carbocycles. The normalized spacial score (nSPS) is 13.8. The zero-order chi connectivity index (χ0) is 33.6. The number of benzene rings is 4. The quantitative estimate of drug-likeness (QED) is 0.108. The molecule has 0 bridgehead atoms. The molecule has 46 heavy (non-hydrogen) atoms. The van der Waals surface area contributed by atoms with E-state index in [2.05, 4.69) is 20.8 Å². The minimum Gasteiger partial charge on any atom is -0.455 e. The highest BCUT2D eigenvalue weighted by molar-refractivity contribution is 8.10. The maximum atomic E-state index is 14.4. The number of rotatable bonds is 12. The van der Waals surface area contributed by atoms with Gasteiger partial charge in [-0.15, -0.1) is 0 Å². The van der Waals surface area contributed by atoms with Gasteiger partial charge in [0.2, 0.25) is 23.8 Å². The average molecular weight is 677 g/mol. The van der Waals surface area contributed by atoms with Crippen molar-refractivity contribution in [3.05, 3.63) is 133 Å². The van der Waals surface area contributed by atoms with Crippen LogP contribution in [0, 0.1) is 0 Å². The van der Waals surface area contributed by atoms with Crippen LogP contribution in [0.2, 0.25) is 5.04 Å². The number of ether oxygens (including phenoxy) is 1. The van der Waals surface area contributed by atoms with Gasteiger partial charge < -0.3 is 9.16 Å². The van der Waals surface area contributed by atoms with Gasteiger partial charge in [-0.25, -0.2) is 16.8 Å². The number of hydrogen-bond acceptors (Lipinski definition) is 7. The third kappa shape index (κ3) is 6.53. The standard InChI is InChI=1S/C36H40O7S2Si/c1-29(37)43-34(36(5,44(38,39)30-19-10-6-11-20-30)45(40,41)31-21-12-7-13-22-31)27-18-28-42-46(35(2,3)4,32-23-14-8-15-24-32)33-25-16-9-17-26-33/h6-27,34H,28H2,1-5H3/b27-18+/t34-/m1/s1. The lowest BCUT2D eigenvalue weighted by Crippen LogP contribution is -2.66. The molecule has 0 spiro atoms. The Morgan fingerprint density at radius 1 is 0.674 bits per heavy atom. The first kappa shape index (κ1) is 35.0. The van der Waals surface area contributed by atoms with Crippen molar-refractivity contribution in [2.75, 3.05) is 6.61 Å². The summed E-state index contributed by atoms with van der Waals surface area (Å²) in [6.07, 6.45) is 1.15. The van der Waals surface area contributed by atoms with Gasteiger partial charge in [-0.3, -0.25) is 4.79 Å². The molecule has 4 rings (SSSR count). The van der Waals surface area contributed by atoms with Crippen molar-refractivity contribution in [2.45, 2.75) is 59.6 Å². The summed E-state index contributed by atoms with van der Waals surface area (Å²) in [7, 11) is -12.3. The highest BCUT2D eigenvalue weighted by atomic mass is 32.3. The second-order valence-corrected chi connectivity index (χ2v) is 21.3. The fourth-order valence-corrected chi connectivity index (χ4v) is 14.8. The summed E-state index contributed by atoms with van der Waals surface area (Å²) in [5, 5.41) is 1.75. The molecular formula is C36H40O7S2Si. The lowest BCUT2D eigenvalue weighted by molar-refractivity contribution is -0.144.